The van der Waals surface area contributed by atoms with Crippen LogP contribution < -0.4 is 20.5 Å². The third kappa shape index (κ3) is 6.32. The number of anilines is 1. The number of nitrogens with zero attached hydrogens (tertiary/aromatic N) is 5. The maximum Gasteiger partial charge on any atom is 0.317 e. The average Bonchev–Trinajstić information content (AvgIpc) is 3.54. The summed E-state index contributed by atoms with van der Waals surface area (Å²) in [5.74, 6) is 1.93. The normalized spacial score (nSPS) is 15.1. The van der Waals surface area contributed by atoms with Gasteiger partial charge in [-0.05, 0) is 59.7 Å². The van der Waals surface area contributed by atoms with Gasteiger partial charge in [0.15, 0.2) is 33.6 Å². The molecule has 12 nitrogen and oxygen atoms in total. The minimum Gasteiger partial charge on any atom is -0.469 e. The number of aromatic nitrogens is 4. The number of amides is 2. The van der Waals surface area contributed by atoms with Gasteiger partial charge in [-0.15, -0.1) is 0 Å². The zero-order chi connectivity index (χ0) is 27.4. The zero-order valence-electron chi connectivity index (χ0n) is 21.5. The molecule has 14 heteroatoms. The Hall–Kier alpha value is -3.26. The van der Waals surface area contributed by atoms with Crippen LogP contribution in [0, 0.1) is 5.92 Å². The number of benzene rings is 1. The number of imidazole rings is 1. The van der Waals surface area contributed by atoms with Gasteiger partial charge in [0.2, 0.25) is 6.79 Å². The van der Waals surface area contributed by atoms with Crippen LogP contribution in [-0.2, 0) is 16.1 Å². The molecule has 0 radical (unpaired) electrons. The fourth-order valence-electron chi connectivity index (χ4n) is 4.67. The molecule has 0 bridgehead atoms. The number of hydrogen-bond donors (Lipinski definition) is 2. The lowest BCUT2D eigenvalue weighted by atomic mass is 9.93. The number of aryl methyl sites for hydroxylation is 1. The van der Waals surface area contributed by atoms with Crippen molar-refractivity contribution in [1.29, 1.82) is 0 Å². The van der Waals surface area contributed by atoms with Gasteiger partial charge in [0.1, 0.15) is 6.33 Å². The van der Waals surface area contributed by atoms with Crippen molar-refractivity contribution in [3.8, 4) is 11.5 Å². The fourth-order valence-corrected chi connectivity index (χ4v) is 6.18. The molecule has 1 fully saturated rings. The van der Waals surface area contributed by atoms with Crippen LogP contribution >= 0.6 is 27.7 Å². The lowest BCUT2D eigenvalue weighted by Gasteiger charge is -2.32. The summed E-state index contributed by atoms with van der Waals surface area (Å²) in [4.78, 5) is 39.9. The molecule has 2 amide bonds. The van der Waals surface area contributed by atoms with Crippen molar-refractivity contribution in [2.24, 2.45) is 5.92 Å². The topological polar surface area (TPSA) is 147 Å². The van der Waals surface area contributed by atoms with E-state index in [0.29, 0.717) is 73.4 Å². The number of esters is 1. The molecule has 208 valence electrons. The monoisotopic (exact) mass is 619 g/mol. The van der Waals surface area contributed by atoms with Crippen molar-refractivity contribution >= 4 is 56.7 Å². The van der Waals surface area contributed by atoms with E-state index in [-0.39, 0.29) is 18.8 Å². The third-order valence-electron chi connectivity index (χ3n) is 6.88. The molecule has 5 rings (SSSR count). The van der Waals surface area contributed by atoms with Crippen molar-refractivity contribution in [2.75, 3.05) is 39.3 Å². The molecule has 2 aliphatic heterocycles. The maximum absolute atomic E-state index is 12.5. The molecule has 39 heavy (non-hydrogen) atoms. The molecule has 1 aromatic carbocycles. The van der Waals surface area contributed by atoms with E-state index in [1.54, 1.807) is 0 Å². The van der Waals surface area contributed by atoms with Gasteiger partial charge in [-0.2, -0.15) is 0 Å². The summed E-state index contributed by atoms with van der Waals surface area (Å²) in [7, 11) is 1.36. The van der Waals surface area contributed by atoms with Crippen molar-refractivity contribution in [1.82, 2.24) is 29.7 Å². The van der Waals surface area contributed by atoms with Gasteiger partial charge in [-0.3, -0.25) is 4.79 Å². The molecule has 0 atom stereocenters. The van der Waals surface area contributed by atoms with E-state index in [2.05, 4.69) is 40.5 Å². The Morgan fingerprint density at radius 1 is 1.23 bits per heavy atom. The van der Waals surface area contributed by atoms with E-state index in [1.165, 1.54) is 25.2 Å². The minimum atomic E-state index is -0.269. The average molecular weight is 621 g/mol. The Kier molecular flexibility index (Phi) is 8.60. The highest BCUT2D eigenvalue weighted by molar-refractivity contribution is 9.10. The number of carbonyl (C=O) groups excluding carboxylic acids is 2. The fraction of sp³-hybridized carbons (Fsp3) is 0.480. The van der Waals surface area contributed by atoms with Gasteiger partial charge < -0.3 is 34.7 Å². The number of halogens is 1. The Bertz CT molecular complexity index is 1360. The van der Waals surface area contributed by atoms with Gasteiger partial charge in [-0.25, -0.2) is 19.7 Å². The lowest BCUT2D eigenvalue weighted by Crippen LogP contribution is -2.44. The predicted molar refractivity (Wildman–Crippen MR) is 148 cm³/mol. The van der Waals surface area contributed by atoms with Crippen LogP contribution in [0.2, 0.25) is 0 Å². The van der Waals surface area contributed by atoms with E-state index in [9.17, 15) is 9.59 Å². The van der Waals surface area contributed by atoms with Crippen molar-refractivity contribution in [2.45, 2.75) is 48.7 Å². The summed E-state index contributed by atoms with van der Waals surface area (Å²) in [5, 5.41) is 3.66. The molecule has 0 aliphatic carbocycles. The molecule has 4 heterocycles. The standard InChI is InChI=1S/C25H30BrN7O5S/c1-36-20(34)3-2-7-28-24(35)32-8-4-15(5-9-32)6-10-33-23-21(22(27)29-13-30-23)31-25(33)39-19-12-18-17(11-16(19)26)37-14-38-18/h11-13,15H,2-10,14H2,1H3,(H,28,35)(H2,27,29,30). The Morgan fingerprint density at radius 3 is 2.77 bits per heavy atom. The van der Waals surface area contributed by atoms with Gasteiger partial charge in [-0.1, -0.05) is 11.8 Å². The van der Waals surface area contributed by atoms with Crippen LogP contribution in [0.5, 0.6) is 11.5 Å². The van der Waals surface area contributed by atoms with Gasteiger partial charge >= 0.3 is 12.0 Å². The second-order valence-electron chi connectivity index (χ2n) is 9.35. The molecular weight excluding hydrogens is 590 g/mol. The third-order valence-corrected chi connectivity index (χ3v) is 8.85. The Labute approximate surface area is 238 Å². The zero-order valence-corrected chi connectivity index (χ0v) is 23.9. The molecule has 2 aromatic heterocycles. The van der Waals surface area contributed by atoms with E-state index in [0.717, 1.165) is 33.8 Å². The number of hydrogen-bond acceptors (Lipinski definition) is 10. The quantitative estimate of drug-likeness (QED) is 0.267. The van der Waals surface area contributed by atoms with Gasteiger partial charge in [0, 0.05) is 42.0 Å². The first-order valence-corrected chi connectivity index (χ1v) is 14.4. The number of nitrogens with one attached hydrogen (secondary N) is 1. The molecular formula is C25H30BrN7O5S. The second kappa shape index (κ2) is 12.3. The van der Waals surface area contributed by atoms with E-state index in [1.807, 2.05) is 17.0 Å². The number of ether oxygens (including phenoxy) is 3. The summed E-state index contributed by atoms with van der Waals surface area (Å²) in [6, 6.07) is 3.75. The highest BCUT2D eigenvalue weighted by atomic mass is 79.9. The van der Waals surface area contributed by atoms with Crippen LogP contribution in [0.15, 0.2) is 33.0 Å². The van der Waals surface area contributed by atoms with Crippen LogP contribution in [0.25, 0.3) is 11.2 Å². The largest absolute Gasteiger partial charge is 0.469 e. The van der Waals surface area contributed by atoms with Crippen LogP contribution in [0.1, 0.15) is 32.1 Å². The van der Waals surface area contributed by atoms with Crippen molar-refractivity contribution in [3.63, 3.8) is 0 Å². The first-order chi connectivity index (χ1) is 18.9. The first kappa shape index (κ1) is 27.3. The number of nitrogen functional groups attached to an aromatic ring is 1. The number of likely N-dealkylation sites (tertiary alicyclic amines) is 1. The molecule has 0 unspecified atom stereocenters. The van der Waals surface area contributed by atoms with Gasteiger partial charge in [0.25, 0.3) is 0 Å². The maximum atomic E-state index is 12.5. The summed E-state index contributed by atoms with van der Waals surface area (Å²) < 4.78 is 18.6. The molecule has 2 aliphatic rings. The van der Waals surface area contributed by atoms with E-state index < -0.39 is 0 Å². The number of rotatable bonds is 9. The number of methoxy groups -OCH3 is 1. The molecule has 3 N–H and O–H groups in total. The number of nitrogens with two attached hydrogens (primary N) is 1. The molecule has 0 spiro atoms. The minimum absolute atomic E-state index is 0.0842. The number of piperidine rings is 1. The SMILES string of the molecule is COC(=O)CCCNC(=O)N1CCC(CCn2c(Sc3cc4c(cc3Br)OCO4)nc3c(N)ncnc32)CC1. The van der Waals surface area contributed by atoms with Crippen LogP contribution in [-0.4, -0.2) is 70.0 Å². The van der Waals surface area contributed by atoms with E-state index in [4.69, 9.17) is 20.2 Å². The number of carbonyl (C=O) groups is 2. The van der Waals surface area contributed by atoms with Gasteiger partial charge in [0.05, 0.1) is 7.11 Å². The van der Waals surface area contributed by atoms with Crippen LogP contribution in [0.3, 0.4) is 0 Å². The molecule has 0 saturated carbocycles. The summed E-state index contributed by atoms with van der Waals surface area (Å²) in [6.45, 7) is 2.75. The molecule has 1 saturated heterocycles. The summed E-state index contributed by atoms with van der Waals surface area (Å²) in [5.41, 5.74) is 7.41. The Balaban J connectivity index is 1.21. The van der Waals surface area contributed by atoms with Crippen LogP contribution in [0.4, 0.5) is 10.6 Å². The Morgan fingerprint density at radius 2 is 2.00 bits per heavy atom. The lowest BCUT2D eigenvalue weighted by molar-refractivity contribution is -0.140. The predicted octanol–water partition coefficient (Wildman–Crippen LogP) is 3.82. The second-order valence-corrected chi connectivity index (χ2v) is 11.2. The number of urea groups is 1. The van der Waals surface area contributed by atoms with Crippen molar-refractivity contribution in [3.05, 3.63) is 22.9 Å². The highest BCUT2D eigenvalue weighted by Crippen LogP contribution is 2.43. The number of fused-ring (bicyclic) bond motifs is 2. The first-order valence-electron chi connectivity index (χ1n) is 12.8. The van der Waals surface area contributed by atoms with E-state index >= 15 is 0 Å². The highest BCUT2D eigenvalue weighted by Gasteiger charge is 2.25. The summed E-state index contributed by atoms with van der Waals surface area (Å²) >= 11 is 5.14. The smallest absolute Gasteiger partial charge is 0.317 e. The molecule has 3 aromatic rings. The van der Waals surface area contributed by atoms with Crippen molar-refractivity contribution < 1.29 is 23.8 Å². The summed E-state index contributed by atoms with van der Waals surface area (Å²) in [6.07, 6.45) is 5.06.